The van der Waals surface area contributed by atoms with Gasteiger partial charge in [0.05, 0.1) is 13.2 Å². The highest BCUT2D eigenvalue weighted by Gasteiger charge is 2.49. The standard InChI is InChI=1S/C9H20NO3P/c1-3-12-14(11,13-4-2)9(10)7-5-6-8-9/h3-8,10H2,1-2H3. The molecule has 5 heteroatoms. The van der Waals surface area contributed by atoms with Gasteiger partial charge in [0.2, 0.25) is 0 Å². The Morgan fingerprint density at radius 3 is 2.00 bits per heavy atom. The Bertz CT molecular complexity index is 216. The predicted molar refractivity (Wildman–Crippen MR) is 56.2 cm³/mol. The fourth-order valence-corrected chi connectivity index (χ4v) is 4.03. The molecule has 1 saturated carbocycles. The molecule has 84 valence electrons. The van der Waals surface area contributed by atoms with Gasteiger partial charge in [-0.2, -0.15) is 0 Å². The second kappa shape index (κ2) is 4.75. The maximum Gasteiger partial charge on any atom is 0.350 e. The summed E-state index contributed by atoms with van der Waals surface area (Å²) in [7, 11) is -3.10. The third kappa shape index (κ3) is 2.19. The van der Waals surface area contributed by atoms with E-state index >= 15 is 0 Å². The van der Waals surface area contributed by atoms with Crippen molar-refractivity contribution in [3.8, 4) is 0 Å². The molecule has 0 spiro atoms. The molecule has 1 fully saturated rings. The van der Waals surface area contributed by atoms with Gasteiger partial charge in [-0.05, 0) is 26.7 Å². The third-order valence-electron chi connectivity index (χ3n) is 2.61. The number of rotatable bonds is 5. The average Bonchev–Trinajstić information content (AvgIpc) is 2.54. The van der Waals surface area contributed by atoms with Crippen molar-refractivity contribution in [2.75, 3.05) is 13.2 Å². The molecule has 0 saturated heterocycles. The van der Waals surface area contributed by atoms with Crippen LogP contribution in [-0.4, -0.2) is 18.5 Å². The first-order valence-corrected chi connectivity index (χ1v) is 6.80. The number of hydrogen-bond donors (Lipinski definition) is 1. The monoisotopic (exact) mass is 221 g/mol. The average molecular weight is 221 g/mol. The molecule has 0 bridgehead atoms. The molecule has 0 aromatic rings. The zero-order chi connectivity index (χ0) is 10.7. The van der Waals surface area contributed by atoms with Crippen LogP contribution in [0.5, 0.6) is 0 Å². The van der Waals surface area contributed by atoms with Crippen LogP contribution < -0.4 is 5.73 Å². The number of hydrogen-bond acceptors (Lipinski definition) is 4. The highest BCUT2D eigenvalue weighted by atomic mass is 31.2. The predicted octanol–water partition coefficient (Wildman–Crippen LogP) is 2.48. The largest absolute Gasteiger partial charge is 0.350 e. The van der Waals surface area contributed by atoms with Crippen LogP contribution in [0.15, 0.2) is 0 Å². The molecule has 0 aromatic heterocycles. The molecule has 1 aliphatic carbocycles. The van der Waals surface area contributed by atoms with E-state index in [4.69, 9.17) is 14.8 Å². The van der Waals surface area contributed by atoms with E-state index in [1.807, 2.05) is 13.8 Å². The smallest absolute Gasteiger partial charge is 0.315 e. The van der Waals surface area contributed by atoms with Crippen LogP contribution in [0, 0.1) is 0 Å². The first-order chi connectivity index (χ1) is 6.58. The van der Waals surface area contributed by atoms with Crippen molar-refractivity contribution in [2.45, 2.75) is 44.8 Å². The van der Waals surface area contributed by atoms with Gasteiger partial charge in [0.15, 0.2) is 0 Å². The summed E-state index contributed by atoms with van der Waals surface area (Å²) >= 11 is 0. The Morgan fingerprint density at radius 2 is 1.64 bits per heavy atom. The molecule has 1 rings (SSSR count). The van der Waals surface area contributed by atoms with Gasteiger partial charge in [0, 0.05) is 0 Å². The van der Waals surface area contributed by atoms with E-state index in [2.05, 4.69) is 0 Å². The summed E-state index contributed by atoms with van der Waals surface area (Å²) in [5.41, 5.74) is 6.10. The summed E-state index contributed by atoms with van der Waals surface area (Å²) < 4.78 is 22.9. The summed E-state index contributed by atoms with van der Waals surface area (Å²) in [6.07, 6.45) is 3.51. The summed E-state index contributed by atoms with van der Waals surface area (Å²) in [4.78, 5) is 0. The summed E-state index contributed by atoms with van der Waals surface area (Å²) in [6.45, 7) is 4.39. The van der Waals surface area contributed by atoms with Gasteiger partial charge in [-0.1, -0.05) is 12.8 Å². The Hall–Kier alpha value is 0.110. The fourth-order valence-electron chi connectivity index (χ4n) is 1.90. The van der Waals surface area contributed by atoms with Gasteiger partial charge in [0.25, 0.3) is 0 Å². The lowest BCUT2D eigenvalue weighted by Crippen LogP contribution is -2.37. The van der Waals surface area contributed by atoms with Gasteiger partial charge in [-0.15, -0.1) is 0 Å². The molecular formula is C9H20NO3P. The second-order valence-corrected chi connectivity index (χ2v) is 6.05. The Labute approximate surface area is 85.7 Å². The molecule has 0 aromatic carbocycles. The van der Waals surface area contributed by atoms with Crippen LogP contribution in [-0.2, 0) is 13.6 Å². The topological polar surface area (TPSA) is 61.5 Å². The molecule has 1 aliphatic rings. The molecule has 0 heterocycles. The molecule has 0 aliphatic heterocycles. The molecule has 14 heavy (non-hydrogen) atoms. The van der Waals surface area contributed by atoms with E-state index in [1.165, 1.54) is 0 Å². The van der Waals surface area contributed by atoms with Crippen molar-refractivity contribution in [2.24, 2.45) is 5.73 Å². The van der Waals surface area contributed by atoms with Crippen LogP contribution in [0.2, 0.25) is 0 Å². The lowest BCUT2D eigenvalue weighted by molar-refractivity contribution is 0.196. The lowest BCUT2D eigenvalue weighted by Gasteiger charge is -2.31. The van der Waals surface area contributed by atoms with Gasteiger partial charge in [-0.3, -0.25) is 4.57 Å². The minimum atomic E-state index is -3.10. The van der Waals surface area contributed by atoms with Crippen LogP contribution in [0.4, 0.5) is 0 Å². The van der Waals surface area contributed by atoms with E-state index in [0.717, 1.165) is 25.7 Å². The van der Waals surface area contributed by atoms with E-state index in [9.17, 15) is 4.57 Å². The maximum absolute atomic E-state index is 12.4. The zero-order valence-electron chi connectivity index (χ0n) is 8.99. The van der Waals surface area contributed by atoms with Gasteiger partial charge in [-0.25, -0.2) is 0 Å². The molecule has 0 atom stereocenters. The number of nitrogens with two attached hydrogens (primary N) is 1. The van der Waals surface area contributed by atoms with Crippen LogP contribution in [0.25, 0.3) is 0 Å². The zero-order valence-corrected chi connectivity index (χ0v) is 9.89. The van der Waals surface area contributed by atoms with Gasteiger partial charge >= 0.3 is 7.60 Å². The van der Waals surface area contributed by atoms with Crippen LogP contribution in [0.1, 0.15) is 39.5 Å². The van der Waals surface area contributed by atoms with Crippen molar-refractivity contribution in [1.82, 2.24) is 0 Å². The highest BCUT2D eigenvalue weighted by Crippen LogP contribution is 2.63. The lowest BCUT2D eigenvalue weighted by atomic mass is 10.3. The van der Waals surface area contributed by atoms with Crippen molar-refractivity contribution in [3.63, 3.8) is 0 Å². The van der Waals surface area contributed by atoms with E-state index < -0.39 is 12.9 Å². The quantitative estimate of drug-likeness (QED) is 0.724. The minimum absolute atomic E-state index is 0.385. The van der Waals surface area contributed by atoms with Crippen LogP contribution >= 0.6 is 7.60 Å². The fraction of sp³-hybridized carbons (Fsp3) is 1.00. The molecule has 4 nitrogen and oxygen atoms in total. The summed E-state index contributed by atoms with van der Waals surface area (Å²) in [5.74, 6) is 0. The molecule has 0 unspecified atom stereocenters. The van der Waals surface area contributed by atoms with E-state index in [-0.39, 0.29) is 0 Å². The summed E-state index contributed by atoms with van der Waals surface area (Å²) in [5, 5.41) is -0.737. The van der Waals surface area contributed by atoms with E-state index in [0.29, 0.717) is 13.2 Å². The first kappa shape index (κ1) is 12.2. The third-order valence-corrected chi connectivity index (χ3v) is 5.35. The van der Waals surface area contributed by atoms with Crippen molar-refractivity contribution in [3.05, 3.63) is 0 Å². The SMILES string of the molecule is CCOP(=O)(OCC)C1(N)CCCC1. The normalized spacial score (nSPS) is 21.4. The van der Waals surface area contributed by atoms with Crippen molar-refractivity contribution >= 4 is 7.60 Å². The Balaban J connectivity index is 2.79. The van der Waals surface area contributed by atoms with Crippen molar-refractivity contribution < 1.29 is 13.6 Å². The van der Waals surface area contributed by atoms with Crippen LogP contribution in [0.3, 0.4) is 0 Å². The second-order valence-electron chi connectivity index (χ2n) is 3.64. The molecular weight excluding hydrogens is 201 g/mol. The summed E-state index contributed by atoms with van der Waals surface area (Å²) in [6, 6.07) is 0. The highest BCUT2D eigenvalue weighted by molar-refractivity contribution is 7.55. The molecule has 0 amide bonds. The van der Waals surface area contributed by atoms with Crippen molar-refractivity contribution in [1.29, 1.82) is 0 Å². The minimum Gasteiger partial charge on any atom is -0.315 e. The van der Waals surface area contributed by atoms with E-state index in [1.54, 1.807) is 0 Å². The Kier molecular flexibility index (Phi) is 4.14. The van der Waals surface area contributed by atoms with Gasteiger partial charge in [0.1, 0.15) is 5.28 Å². The molecule has 2 N–H and O–H groups in total. The maximum atomic E-state index is 12.4. The Morgan fingerprint density at radius 1 is 1.21 bits per heavy atom. The van der Waals surface area contributed by atoms with Gasteiger partial charge < -0.3 is 14.8 Å². The first-order valence-electron chi connectivity index (χ1n) is 5.26. The molecule has 0 radical (unpaired) electrons.